The van der Waals surface area contributed by atoms with Crippen molar-refractivity contribution in [1.29, 1.82) is 0 Å². The molecule has 164 valence electrons. The van der Waals surface area contributed by atoms with E-state index in [1.54, 1.807) is 23.1 Å². The molecule has 0 unspecified atom stereocenters. The SMILES string of the molecule is Cc1nc([C@@H]2CCCN(C(=O)C(C)C)C2)nc2c1CCC(=O)N2Cc1ccccc1F. The predicted octanol–water partition coefficient (Wildman–Crippen LogP) is 3.77. The number of piperidine rings is 1. The van der Waals surface area contributed by atoms with Crippen molar-refractivity contribution in [3.8, 4) is 0 Å². The number of carbonyl (C=O) groups is 2. The first-order valence-corrected chi connectivity index (χ1v) is 11.0. The summed E-state index contributed by atoms with van der Waals surface area (Å²) in [5.74, 6) is 1.02. The molecule has 31 heavy (non-hydrogen) atoms. The lowest BCUT2D eigenvalue weighted by Crippen LogP contribution is -2.42. The molecule has 1 aromatic carbocycles. The number of halogens is 1. The lowest BCUT2D eigenvalue weighted by Gasteiger charge is -2.34. The number of likely N-dealkylation sites (tertiary alicyclic amines) is 1. The van der Waals surface area contributed by atoms with E-state index < -0.39 is 0 Å². The molecule has 1 fully saturated rings. The maximum Gasteiger partial charge on any atom is 0.228 e. The number of nitrogens with zero attached hydrogens (tertiary/aromatic N) is 4. The second kappa shape index (κ2) is 8.73. The molecule has 0 saturated carbocycles. The fourth-order valence-corrected chi connectivity index (χ4v) is 4.50. The number of amides is 2. The monoisotopic (exact) mass is 424 g/mol. The van der Waals surface area contributed by atoms with Gasteiger partial charge in [0.05, 0.1) is 6.54 Å². The van der Waals surface area contributed by atoms with Crippen molar-refractivity contribution in [2.24, 2.45) is 5.92 Å². The number of rotatable bonds is 4. The number of aryl methyl sites for hydroxylation is 1. The highest BCUT2D eigenvalue weighted by Gasteiger charge is 2.32. The first kappa shape index (κ1) is 21.4. The number of hydrogen-bond donors (Lipinski definition) is 0. The Morgan fingerprint density at radius 1 is 1.23 bits per heavy atom. The predicted molar refractivity (Wildman–Crippen MR) is 116 cm³/mol. The third kappa shape index (κ3) is 4.31. The lowest BCUT2D eigenvalue weighted by atomic mass is 9.95. The quantitative estimate of drug-likeness (QED) is 0.750. The van der Waals surface area contributed by atoms with E-state index >= 15 is 0 Å². The molecule has 0 radical (unpaired) electrons. The van der Waals surface area contributed by atoms with Crippen LogP contribution in [-0.4, -0.2) is 39.8 Å². The highest BCUT2D eigenvalue weighted by atomic mass is 19.1. The highest BCUT2D eigenvalue weighted by Crippen LogP contribution is 2.33. The van der Waals surface area contributed by atoms with Crippen LogP contribution in [0.2, 0.25) is 0 Å². The number of carbonyl (C=O) groups excluding carboxylic acids is 2. The van der Waals surface area contributed by atoms with Crippen LogP contribution in [-0.2, 0) is 22.6 Å². The van der Waals surface area contributed by atoms with Gasteiger partial charge in [-0.05, 0) is 32.3 Å². The molecule has 1 saturated heterocycles. The molecule has 2 aliphatic rings. The van der Waals surface area contributed by atoms with Crippen LogP contribution >= 0.6 is 0 Å². The van der Waals surface area contributed by atoms with Crippen LogP contribution in [0.4, 0.5) is 10.2 Å². The van der Waals surface area contributed by atoms with Gasteiger partial charge in [0, 0.05) is 48.2 Å². The summed E-state index contributed by atoms with van der Waals surface area (Å²) in [5, 5.41) is 0. The number of aromatic nitrogens is 2. The normalized spacial score (nSPS) is 19.0. The number of benzene rings is 1. The minimum absolute atomic E-state index is 0.0350. The fraction of sp³-hybridized carbons (Fsp3) is 0.500. The van der Waals surface area contributed by atoms with Gasteiger partial charge in [-0.2, -0.15) is 0 Å². The molecule has 1 aromatic heterocycles. The van der Waals surface area contributed by atoms with Gasteiger partial charge in [-0.1, -0.05) is 32.0 Å². The van der Waals surface area contributed by atoms with Crippen molar-refractivity contribution in [2.75, 3.05) is 18.0 Å². The molecule has 0 bridgehead atoms. The molecular formula is C24H29FN4O2. The van der Waals surface area contributed by atoms with E-state index in [-0.39, 0.29) is 36.0 Å². The van der Waals surface area contributed by atoms with E-state index in [0.717, 1.165) is 30.6 Å². The molecule has 6 nitrogen and oxygen atoms in total. The molecule has 4 rings (SSSR count). The second-order valence-electron chi connectivity index (χ2n) is 8.82. The molecule has 3 heterocycles. The Bertz CT molecular complexity index is 1010. The van der Waals surface area contributed by atoms with Gasteiger partial charge in [0.15, 0.2) is 0 Å². The molecule has 0 aliphatic carbocycles. The van der Waals surface area contributed by atoms with Crippen molar-refractivity contribution < 1.29 is 14.0 Å². The average molecular weight is 425 g/mol. The van der Waals surface area contributed by atoms with Crippen LogP contribution in [0.25, 0.3) is 0 Å². The van der Waals surface area contributed by atoms with Gasteiger partial charge >= 0.3 is 0 Å². The maximum atomic E-state index is 14.3. The topological polar surface area (TPSA) is 66.4 Å². The number of anilines is 1. The van der Waals surface area contributed by atoms with Crippen LogP contribution in [0.5, 0.6) is 0 Å². The van der Waals surface area contributed by atoms with Gasteiger partial charge in [0.2, 0.25) is 11.8 Å². The van der Waals surface area contributed by atoms with E-state index in [4.69, 9.17) is 9.97 Å². The molecule has 0 N–H and O–H groups in total. The van der Waals surface area contributed by atoms with E-state index in [9.17, 15) is 14.0 Å². The minimum atomic E-state index is -0.330. The van der Waals surface area contributed by atoms with Gasteiger partial charge in [0.25, 0.3) is 0 Å². The van der Waals surface area contributed by atoms with Crippen molar-refractivity contribution in [3.63, 3.8) is 0 Å². The summed E-state index contributed by atoms with van der Waals surface area (Å²) in [7, 11) is 0. The minimum Gasteiger partial charge on any atom is -0.342 e. The van der Waals surface area contributed by atoms with Crippen molar-refractivity contribution in [2.45, 2.75) is 58.9 Å². The van der Waals surface area contributed by atoms with Crippen LogP contribution in [0.15, 0.2) is 24.3 Å². The summed E-state index contributed by atoms with van der Waals surface area (Å²) < 4.78 is 14.3. The first-order valence-electron chi connectivity index (χ1n) is 11.0. The summed E-state index contributed by atoms with van der Waals surface area (Å²) >= 11 is 0. The Hall–Kier alpha value is -2.83. The molecule has 2 aromatic rings. The van der Waals surface area contributed by atoms with Crippen molar-refractivity contribution >= 4 is 17.6 Å². The highest BCUT2D eigenvalue weighted by molar-refractivity contribution is 5.95. The number of hydrogen-bond acceptors (Lipinski definition) is 4. The van der Waals surface area contributed by atoms with Gasteiger partial charge < -0.3 is 4.90 Å². The summed E-state index contributed by atoms with van der Waals surface area (Å²) in [6.45, 7) is 7.28. The second-order valence-corrected chi connectivity index (χ2v) is 8.82. The fourth-order valence-electron chi connectivity index (χ4n) is 4.50. The Labute approximate surface area is 182 Å². The van der Waals surface area contributed by atoms with Gasteiger partial charge in [0.1, 0.15) is 17.5 Å². The maximum absolute atomic E-state index is 14.3. The Balaban J connectivity index is 1.66. The standard InChI is InChI=1S/C24H29FN4O2/c1-15(2)24(31)28-12-6-8-18(13-28)22-26-16(3)19-10-11-21(30)29(23(19)27-22)14-17-7-4-5-9-20(17)25/h4-5,7,9,15,18H,6,8,10-14H2,1-3H3/t18-/m1/s1. The Morgan fingerprint density at radius 2 is 2.00 bits per heavy atom. The van der Waals surface area contributed by atoms with E-state index in [1.807, 2.05) is 25.7 Å². The van der Waals surface area contributed by atoms with Crippen LogP contribution in [0.1, 0.15) is 61.7 Å². The zero-order valence-corrected chi connectivity index (χ0v) is 18.4. The zero-order valence-electron chi connectivity index (χ0n) is 18.4. The van der Waals surface area contributed by atoms with E-state index in [2.05, 4.69) is 0 Å². The van der Waals surface area contributed by atoms with Gasteiger partial charge in [-0.3, -0.25) is 14.5 Å². The Kier molecular flexibility index (Phi) is 6.03. The smallest absolute Gasteiger partial charge is 0.228 e. The summed E-state index contributed by atoms with van der Waals surface area (Å²) in [6, 6.07) is 6.52. The molecule has 1 atom stereocenters. The Morgan fingerprint density at radius 3 is 2.74 bits per heavy atom. The molecular weight excluding hydrogens is 395 g/mol. The van der Waals surface area contributed by atoms with Crippen LogP contribution in [0.3, 0.4) is 0 Å². The summed E-state index contributed by atoms with van der Waals surface area (Å²) in [5.41, 5.74) is 2.27. The molecule has 2 aliphatic heterocycles. The first-order chi connectivity index (χ1) is 14.8. The molecule has 7 heteroatoms. The average Bonchev–Trinajstić information content (AvgIpc) is 2.76. The molecule has 0 spiro atoms. The zero-order chi connectivity index (χ0) is 22.1. The van der Waals surface area contributed by atoms with Crippen molar-refractivity contribution in [1.82, 2.24) is 14.9 Å². The van der Waals surface area contributed by atoms with E-state index in [1.165, 1.54) is 6.07 Å². The largest absolute Gasteiger partial charge is 0.342 e. The third-order valence-electron chi connectivity index (χ3n) is 6.23. The third-order valence-corrected chi connectivity index (χ3v) is 6.23. The van der Waals surface area contributed by atoms with Crippen LogP contribution < -0.4 is 4.90 Å². The summed E-state index contributed by atoms with van der Waals surface area (Å²) in [6.07, 6.45) is 2.77. The number of fused-ring (bicyclic) bond motifs is 1. The molecule has 2 amide bonds. The summed E-state index contributed by atoms with van der Waals surface area (Å²) in [4.78, 5) is 38.4. The van der Waals surface area contributed by atoms with Gasteiger partial charge in [-0.15, -0.1) is 0 Å². The van der Waals surface area contributed by atoms with E-state index in [0.29, 0.717) is 36.6 Å². The van der Waals surface area contributed by atoms with Crippen molar-refractivity contribution in [3.05, 3.63) is 52.7 Å². The van der Waals surface area contributed by atoms with Crippen LogP contribution in [0, 0.1) is 18.7 Å². The van der Waals surface area contributed by atoms with Gasteiger partial charge in [-0.25, -0.2) is 14.4 Å². The lowest BCUT2D eigenvalue weighted by molar-refractivity contribution is -0.135.